The smallest absolute Gasteiger partial charge is 0.497 e. The molecule has 2 rings (SSSR count). The lowest BCUT2D eigenvalue weighted by molar-refractivity contribution is -0.0517. The molecule has 34 heavy (non-hydrogen) atoms. The van der Waals surface area contributed by atoms with Gasteiger partial charge in [-0.3, -0.25) is 0 Å². The Kier molecular flexibility index (Phi) is 10.9. The van der Waals surface area contributed by atoms with Crippen molar-refractivity contribution >= 4 is 12.2 Å². The van der Waals surface area contributed by atoms with Crippen LogP contribution in [0.25, 0.3) is 0 Å². The van der Waals surface area contributed by atoms with E-state index < -0.39 is 30.1 Å². The summed E-state index contributed by atoms with van der Waals surface area (Å²) in [7, 11) is 1.62. The molecule has 0 spiro atoms. The predicted octanol–water partition coefficient (Wildman–Crippen LogP) is 3.36. The third-order valence-electron chi connectivity index (χ3n) is 5.65. The van der Waals surface area contributed by atoms with Gasteiger partial charge < -0.3 is 34.5 Å². The summed E-state index contributed by atoms with van der Waals surface area (Å²) in [5, 5.41) is 6.15. The maximum absolute atomic E-state index is 12.6. The van der Waals surface area contributed by atoms with E-state index in [2.05, 4.69) is 29.4 Å². The van der Waals surface area contributed by atoms with Crippen molar-refractivity contribution in [1.82, 2.24) is 15.5 Å². The number of methoxy groups -OCH3 is 1. The molecule has 1 aromatic carbocycles. The second-order valence-corrected chi connectivity index (χ2v) is 9.36. The van der Waals surface area contributed by atoms with Gasteiger partial charge in [-0.2, -0.15) is 0 Å². The third-order valence-corrected chi connectivity index (χ3v) is 5.65. The Hall–Kier alpha value is -2.52. The summed E-state index contributed by atoms with van der Waals surface area (Å²) in [6, 6.07) is 7.48. The molecule has 1 aliphatic heterocycles. The molecule has 0 unspecified atom stereocenters. The van der Waals surface area contributed by atoms with E-state index in [1.54, 1.807) is 27.9 Å². The Bertz CT molecular complexity index is 761. The first-order chi connectivity index (χ1) is 16.1. The van der Waals surface area contributed by atoms with E-state index in [-0.39, 0.29) is 6.04 Å². The highest BCUT2D eigenvalue weighted by Gasteiger charge is 2.42. The topological polar surface area (TPSA) is 98.4 Å². The summed E-state index contributed by atoms with van der Waals surface area (Å²) in [6.07, 6.45) is -1.19. The first-order valence-corrected chi connectivity index (χ1v) is 12.1. The van der Waals surface area contributed by atoms with Crippen LogP contribution in [0, 0.1) is 0 Å². The van der Waals surface area contributed by atoms with Crippen LogP contribution in [0.1, 0.15) is 46.6 Å². The lowest BCUT2D eigenvalue weighted by Gasteiger charge is -2.26. The lowest BCUT2D eigenvalue weighted by Crippen LogP contribution is -2.43. The fourth-order valence-corrected chi connectivity index (χ4v) is 3.83. The van der Waals surface area contributed by atoms with Crippen molar-refractivity contribution in [2.24, 2.45) is 0 Å². The number of hydrogen-bond acceptors (Lipinski definition) is 8. The van der Waals surface area contributed by atoms with Crippen LogP contribution in [0.4, 0.5) is 9.59 Å². The number of nitrogens with one attached hydrogen (secondary N) is 2. The van der Waals surface area contributed by atoms with Gasteiger partial charge in [0.2, 0.25) is 0 Å². The number of rotatable bonds is 11. The SMILES string of the molecule is CCN(CC)CCCNC(=O)O[C@@H]1[C@@H](OC(=O)OC(C)(C)C)CN[C@@H]1Cc1ccc(OC)cc1. The number of nitrogens with zero attached hydrogens (tertiary/aromatic N) is 1. The molecule has 3 atom stereocenters. The molecule has 2 N–H and O–H groups in total. The number of carbonyl (C=O) groups excluding carboxylic acids is 2. The summed E-state index contributed by atoms with van der Waals surface area (Å²) in [5.74, 6) is 0.770. The zero-order chi connectivity index (χ0) is 25.1. The lowest BCUT2D eigenvalue weighted by atomic mass is 10.0. The van der Waals surface area contributed by atoms with Crippen molar-refractivity contribution in [2.75, 3.05) is 39.8 Å². The zero-order valence-electron chi connectivity index (χ0n) is 21.4. The average Bonchev–Trinajstić information content (AvgIpc) is 3.13. The van der Waals surface area contributed by atoms with Crippen LogP contribution in [-0.4, -0.2) is 80.8 Å². The number of benzene rings is 1. The van der Waals surface area contributed by atoms with Gasteiger partial charge in [0.1, 0.15) is 11.4 Å². The summed E-state index contributed by atoms with van der Waals surface area (Å²) >= 11 is 0. The quantitative estimate of drug-likeness (QED) is 0.368. The predicted molar refractivity (Wildman–Crippen MR) is 130 cm³/mol. The molecule has 0 saturated carbocycles. The molecule has 0 aromatic heterocycles. The molecular weight excluding hydrogens is 438 g/mol. The fraction of sp³-hybridized carbons (Fsp3) is 0.680. The van der Waals surface area contributed by atoms with Gasteiger partial charge in [-0.15, -0.1) is 0 Å². The van der Waals surface area contributed by atoms with Gasteiger partial charge in [-0.05, 0) is 70.9 Å². The van der Waals surface area contributed by atoms with E-state index in [4.69, 9.17) is 18.9 Å². The number of hydrogen-bond donors (Lipinski definition) is 2. The van der Waals surface area contributed by atoms with Crippen LogP contribution in [0.2, 0.25) is 0 Å². The second kappa shape index (κ2) is 13.4. The van der Waals surface area contributed by atoms with Crippen molar-refractivity contribution < 1.29 is 28.5 Å². The Morgan fingerprint density at radius 2 is 1.79 bits per heavy atom. The van der Waals surface area contributed by atoms with E-state index in [0.29, 0.717) is 19.5 Å². The molecule has 1 aliphatic rings. The van der Waals surface area contributed by atoms with E-state index >= 15 is 0 Å². The molecule has 1 heterocycles. The van der Waals surface area contributed by atoms with Crippen molar-refractivity contribution in [1.29, 1.82) is 0 Å². The van der Waals surface area contributed by atoms with Gasteiger partial charge in [-0.1, -0.05) is 26.0 Å². The molecule has 0 aliphatic carbocycles. The van der Waals surface area contributed by atoms with Crippen molar-refractivity contribution in [2.45, 2.75) is 71.3 Å². The molecular formula is C25H41N3O6. The first-order valence-electron chi connectivity index (χ1n) is 12.1. The van der Waals surface area contributed by atoms with Gasteiger partial charge in [0.05, 0.1) is 13.2 Å². The van der Waals surface area contributed by atoms with E-state index in [0.717, 1.165) is 37.4 Å². The minimum atomic E-state index is -0.780. The molecule has 0 radical (unpaired) electrons. The largest absolute Gasteiger partial charge is 0.509 e. The first kappa shape index (κ1) is 27.7. The normalized spacial score (nSPS) is 20.1. The Morgan fingerprint density at radius 3 is 2.38 bits per heavy atom. The zero-order valence-corrected chi connectivity index (χ0v) is 21.4. The maximum Gasteiger partial charge on any atom is 0.509 e. The summed E-state index contributed by atoms with van der Waals surface area (Å²) in [4.78, 5) is 27.1. The van der Waals surface area contributed by atoms with Gasteiger partial charge in [0.25, 0.3) is 0 Å². The molecule has 1 amide bonds. The Balaban J connectivity index is 2.00. The van der Waals surface area contributed by atoms with Crippen molar-refractivity contribution in [3.63, 3.8) is 0 Å². The third kappa shape index (κ3) is 9.38. The Morgan fingerprint density at radius 1 is 1.12 bits per heavy atom. The van der Waals surface area contributed by atoms with Gasteiger partial charge >= 0.3 is 12.2 Å². The minimum Gasteiger partial charge on any atom is -0.497 e. The standard InChI is InChI=1S/C25H41N3O6/c1-7-28(8-2)15-9-14-26-23(29)33-22-20(16-18-10-12-19(31-6)13-11-18)27-17-21(22)32-24(30)34-25(3,4)5/h10-13,20-22,27H,7-9,14-17H2,1-6H3,(H,26,29)/t20-,21+,22+/m1/s1. The molecule has 1 fully saturated rings. The van der Waals surface area contributed by atoms with E-state index in [1.165, 1.54) is 0 Å². The van der Waals surface area contributed by atoms with Crippen molar-refractivity contribution in [3.05, 3.63) is 29.8 Å². The number of carbonyl (C=O) groups is 2. The van der Waals surface area contributed by atoms with Crippen LogP contribution in [0.15, 0.2) is 24.3 Å². The van der Waals surface area contributed by atoms with Crippen LogP contribution >= 0.6 is 0 Å². The van der Waals surface area contributed by atoms with E-state index in [9.17, 15) is 9.59 Å². The molecule has 0 bridgehead atoms. The monoisotopic (exact) mass is 479 g/mol. The fourth-order valence-electron chi connectivity index (χ4n) is 3.83. The van der Waals surface area contributed by atoms with Gasteiger partial charge in [-0.25, -0.2) is 9.59 Å². The second-order valence-electron chi connectivity index (χ2n) is 9.36. The van der Waals surface area contributed by atoms with Gasteiger partial charge in [0, 0.05) is 13.1 Å². The average molecular weight is 480 g/mol. The molecule has 1 aromatic rings. The number of amides is 1. The maximum atomic E-state index is 12.6. The van der Waals surface area contributed by atoms with Crippen LogP contribution in [-0.2, 0) is 20.6 Å². The van der Waals surface area contributed by atoms with Crippen LogP contribution in [0.5, 0.6) is 5.75 Å². The summed E-state index contributed by atoms with van der Waals surface area (Å²) in [5.41, 5.74) is 0.369. The highest BCUT2D eigenvalue weighted by molar-refractivity contribution is 5.67. The highest BCUT2D eigenvalue weighted by Crippen LogP contribution is 2.22. The summed E-state index contributed by atoms with van der Waals surface area (Å²) < 4.78 is 21.8. The number of alkyl carbamates (subject to hydrolysis) is 1. The van der Waals surface area contributed by atoms with Crippen LogP contribution in [0.3, 0.4) is 0 Å². The molecule has 9 nitrogen and oxygen atoms in total. The molecule has 192 valence electrons. The van der Waals surface area contributed by atoms with Gasteiger partial charge in [0.15, 0.2) is 12.2 Å². The van der Waals surface area contributed by atoms with Crippen LogP contribution < -0.4 is 15.4 Å². The molecule has 9 heteroatoms. The number of ether oxygens (including phenoxy) is 4. The Labute approximate surface area is 203 Å². The summed E-state index contributed by atoms with van der Waals surface area (Å²) in [6.45, 7) is 13.3. The molecule has 1 saturated heterocycles. The highest BCUT2D eigenvalue weighted by atomic mass is 16.7. The van der Waals surface area contributed by atoms with Crippen molar-refractivity contribution in [3.8, 4) is 5.75 Å². The minimum absolute atomic E-state index is 0.220. The van der Waals surface area contributed by atoms with E-state index in [1.807, 2.05) is 24.3 Å².